The van der Waals surface area contributed by atoms with Crippen LogP contribution in [0.1, 0.15) is 11.7 Å². The van der Waals surface area contributed by atoms with Crippen molar-refractivity contribution in [1.82, 2.24) is 10.1 Å². The maximum atomic E-state index is 11.8. The zero-order chi connectivity index (χ0) is 15.8. The Morgan fingerprint density at radius 2 is 2.00 bits per heavy atom. The van der Waals surface area contributed by atoms with Gasteiger partial charge in [-0.1, -0.05) is 41.6 Å². The molecule has 23 heavy (non-hydrogen) atoms. The van der Waals surface area contributed by atoms with Crippen molar-refractivity contribution >= 4 is 38.8 Å². The number of fused-ring (bicyclic) bond motifs is 1. The van der Waals surface area contributed by atoms with Crippen molar-refractivity contribution in [3.05, 3.63) is 58.8 Å². The van der Waals surface area contributed by atoms with E-state index in [4.69, 9.17) is 4.52 Å². The third-order valence-corrected chi connectivity index (χ3v) is 4.33. The number of carbonyl (C=O) groups is 1. The summed E-state index contributed by atoms with van der Waals surface area (Å²) in [7, 11) is 0. The molecule has 0 radical (unpaired) electrons. The van der Waals surface area contributed by atoms with E-state index < -0.39 is 5.92 Å². The summed E-state index contributed by atoms with van der Waals surface area (Å²) < 4.78 is 6.27. The van der Waals surface area contributed by atoms with Crippen molar-refractivity contribution in [3.63, 3.8) is 0 Å². The van der Waals surface area contributed by atoms with Crippen LogP contribution in [0.5, 0.6) is 0 Å². The third-order valence-electron chi connectivity index (χ3n) is 3.67. The Bertz CT molecular complexity index is 975. The Kier molecular flexibility index (Phi) is 3.38. The highest BCUT2D eigenvalue weighted by molar-refractivity contribution is 9.10. The number of halogens is 1. The largest absolute Gasteiger partial charge is 0.334 e. The molecule has 1 aliphatic rings. The molecule has 1 amide bonds. The van der Waals surface area contributed by atoms with Gasteiger partial charge in [-0.05, 0) is 38.8 Å². The van der Waals surface area contributed by atoms with E-state index in [9.17, 15) is 4.79 Å². The monoisotopic (exact) mass is 367 g/mol. The number of aliphatic imine (C=N–C) groups is 1. The molecule has 1 aliphatic heterocycles. The molecular weight excluding hydrogens is 358 g/mol. The molecule has 3 aromatic rings. The van der Waals surface area contributed by atoms with Crippen LogP contribution in [0.2, 0.25) is 0 Å². The number of allylic oxidation sites excluding steroid dienone is 1. The predicted molar refractivity (Wildman–Crippen MR) is 90.3 cm³/mol. The maximum Gasteiger partial charge on any atom is 0.260 e. The first-order valence-corrected chi connectivity index (χ1v) is 7.79. The highest BCUT2D eigenvalue weighted by Crippen LogP contribution is 2.35. The molecule has 0 aliphatic carbocycles. The number of dihydropyridines is 1. The molecule has 2 aromatic carbocycles. The Hall–Kier alpha value is -2.60. The molecular formula is C17H10BrN3O2. The zero-order valence-electron chi connectivity index (χ0n) is 11.8. The summed E-state index contributed by atoms with van der Waals surface area (Å²) in [6.45, 7) is 0. The molecule has 0 bridgehead atoms. The van der Waals surface area contributed by atoms with E-state index >= 15 is 0 Å². The molecule has 1 aromatic heterocycles. The number of amides is 1. The van der Waals surface area contributed by atoms with Crippen molar-refractivity contribution in [2.75, 3.05) is 0 Å². The van der Waals surface area contributed by atoms with Gasteiger partial charge in [-0.3, -0.25) is 4.79 Å². The fourth-order valence-corrected chi connectivity index (χ4v) is 3.08. The van der Waals surface area contributed by atoms with Gasteiger partial charge in [0, 0.05) is 10.7 Å². The Balaban J connectivity index is 1.84. The molecule has 0 fully saturated rings. The van der Waals surface area contributed by atoms with Crippen LogP contribution in [0, 0.1) is 0 Å². The summed E-state index contributed by atoms with van der Waals surface area (Å²) in [5.41, 5.74) is 0.817. The standard InChI is InChI=1S/C17H10BrN3O2/c18-13-8-7-10-4-1-2-5-11(10)14(13)17-20-15(21-23-17)12-6-3-9-19-16(12)22/h1-9,12H. The van der Waals surface area contributed by atoms with Crippen molar-refractivity contribution in [3.8, 4) is 11.5 Å². The normalized spacial score (nSPS) is 17.1. The minimum Gasteiger partial charge on any atom is -0.334 e. The van der Waals surface area contributed by atoms with Crippen LogP contribution in [-0.4, -0.2) is 22.3 Å². The predicted octanol–water partition coefficient (Wildman–Crippen LogP) is 3.90. The van der Waals surface area contributed by atoms with Crippen LogP contribution >= 0.6 is 15.9 Å². The minimum absolute atomic E-state index is 0.295. The quantitative estimate of drug-likeness (QED) is 0.688. The fraction of sp³-hybridized carbons (Fsp3) is 0.0588. The van der Waals surface area contributed by atoms with Crippen molar-refractivity contribution in [2.24, 2.45) is 4.99 Å². The van der Waals surface area contributed by atoms with Gasteiger partial charge in [0.25, 0.3) is 11.8 Å². The molecule has 6 heteroatoms. The lowest BCUT2D eigenvalue weighted by molar-refractivity contribution is -0.118. The van der Waals surface area contributed by atoms with E-state index in [1.807, 2.05) is 36.4 Å². The van der Waals surface area contributed by atoms with Gasteiger partial charge < -0.3 is 4.52 Å². The van der Waals surface area contributed by atoms with E-state index in [2.05, 4.69) is 31.1 Å². The van der Waals surface area contributed by atoms with E-state index in [0.29, 0.717) is 11.7 Å². The molecule has 0 saturated heterocycles. The molecule has 2 heterocycles. The highest BCUT2D eigenvalue weighted by atomic mass is 79.9. The van der Waals surface area contributed by atoms with Gasteiger partial charge in [0.15, 0.2) is 5.82 Å². The molecule has 1 atom stereocenters. The molecule has 112 valence electrons. The summed E-state index contributed by atoms with van der Waals surface area (Å²) in [5.74, 6) is -0.194. The molecule has 4 rings (SSSR count). The summed E-state index contributed by atoms with van der Waals surface area (Å²) in [6.07, 6.45) is 4.87. The van der Waals surface area contributed by atoms with Crippen molar-refractivity contribution in [1.29, 1.82) is 0 Å². The average molecular weight is 368 g/mol. The van der Waals surface area contributed by atoms with E-state index in [0.717, 1.165) is 20.8 Å². The molecule has 0 spiro atoms. The van der Waals surface area contributed by atoms with Crippen LogP contribution in [0.3, 0.4) is 0 Å². The third kappa shape index (κ3) is 2.41. The first-order chi connectivity index (χ1) is 11.2. The first-order valence-electron chi connectivity index (χ1n) is 7.00. The number of rotatable bonds is 2. The molecule has 0 N–H and O–H groups in total. The van der Waals surface area contributed by atoms with Crippen LogP contribution in [0.4, 0.5) is 0 Å². The van der Waals surface area contributed by atoms with Crippen molar-refractivity contribution < 1.29 is 9.32 Å². The Labute approximate surface area is 139 Å². The lowest BCUT2D eigenvalue weighted by Crippen LogP contribution is -2.12. The van der Waals surface area contributed by atoms with Gasteiger partial charge in [-0.2, -0.15) is 4.98 Å². The van der Waals surface area contributed by atoms with E-state index in [-0.39, 0.29) is 5.91 Å². The van der Waals surface area contributed by atoms with Crippen LogP contribution in [-0.2, 0) is 4.79 Å². The smallest absolute Gasteiger partial charge is 0.260 e. The summed E-state index contributed by atoms with van der Waals surface area (Å²) in [5, 5.41) is 6.04. The topological polar surface area (TPSA) is 68.3 Å². The van der Waals surface area contributed by atoms with Gasteiger partial charge in [-0.25, -0.2) is 4.99 Å². The van der Waals surface area contributed by atoms with E-state index in [1.54, 1.807) is 12.2 Å². The summed E-state index contributed by atoms with van der Waals surface area (Å²) in [6, 6.07) is 11.9. The second-order valence-corrected chi connectivity index (χ2v) is 5.93. The number of aromatic nitrogens is 2. The SMILES string of the molecule is O=C1N=CC=CC1c1noc(-c2c(Br)ccc3ccccc23)n1. The van der Waals surface area contributed by atoms with Crippen LogP contribution < -0.4 is 0 Å². The number of nitrogens with zero attached hydrogens (tertiary/aromatic N) is 3. The summed E-state index contributed by atoms with van der Waals surface area (Å²) in [4.78, 5) is 20.0. The van der Waals surface area contributed by atoms with Gasteiger partial charge in [0.1, 0.15) is 5.92 Å². The van der Waals surface area contributed by atoms with Gasteiger partial charge in [-0.15, -0.1) is 0 Å². The number of hydrogen-bond donors (Lipinski definition) is 0. The van der Waals surface area contributed by atoms with Crippen LogP contribution in [0.15, 0.2) is 62.5 Å². The average Bonchev–Trinajstić information content (AvgIpc) is 3.04. The van der Waals surface area contributed by atoms with Gasteiger partial charge in [0.2, 0.25) is 0 Å². The van der Waals surface area contributed by atoms with Crippen molar-refractivity contribution in [2.45, 2.75) is 5.92 Å². The zero-order valence-corrected chi connectivity index (χ0v) is 13.4. The minimum atomic E-state index is -0.591. The molecule has 5 nitrogen and oxygen atoms in total. The Morgan fingerprint density at radius 1 is 1.13 bits per heavy atom. The molecule has 0 saturated carbocycles. The molecule has 1 unspecified atom stereocenters. The maximum absolute atomic E-state index is 11.8. The highest BCUT2D eigenvalue weighted by Gasteiger charge is 2.25. The lowest BCUT2D eigenvalue weighted by Gasteiger charge is -2.06. The second-order valence-electron chi connectivity index (χ2n) is 5.08. The number of benzene rings is 2. The second kappa shape index (κ2) is 5.55. The fourth-order valence-electron chi connectivity index (χ4n) is 2.56. The lowest BCUT2D eigenvalue weighted by atomic mass is 10.0. The van der Waals surface area contributed by atoms with Crippen LogP contribution in [0.25, 0.3) is 22.2 Å². The number of hydrogen-bond acceptors (Lipinski definition) is 4. The first kappa shape index (κ1) is 14.0. The Morgan fingerprint density at radius 3 is 2.87 bits per heavy atom. The number of carbonyl (C=O) groups excluding carboxylic acids is 1. The van der Waals surface area contributed by atoms with E-state index in [1.165, 1.54) is 6.21 Å². The van der Waals surface area contributed by atoms with Gasteiger partial charge in [0.05, 0.1) is 5.56 Å². The van der Waals surface area contributed by atoms with Gasteiger partial charge >= 0.3 is 0 Å². The summed E-state index contributed by atoms with van der Waals surface area (Å²) >= 11 is 3.54.